The first-order chi connectivity index (χ1) is 10.1. The maximum absolute atomic E-state index is 13.7. The minimum atomic E-state index is -0.362. The van der Waals surface area contributed by atoms with Gasteiger partial charge in [-0.25, -0.2) is 9.18 Å². The molecule has 0 saturated heterocycles. The number of carbonyl (C=O) groups is 1. The largest absolute Gasteiger partial charge is 0.465 e. The first-order valence-corrected chi connectivity index (χ1v) is 6.77. The summed E-state index contributed by atoms with van der Waals surface area (Å²) in [5.74, 6) is -0.584. The van der Waals surface area contributed by atoms with Crippen molar-refractivity contribution in [3.63, 3.8) is 0 Å². The van der Waals surface area contributed by atoms with Crippen LogP contribution in [0.5, 0.6) is 0 Å². The molecule has 0 aliphatic heterocycles. The van der Waals surface area contributed by atoms with Crippen LogP contribution in [-0.2, 0) is 11.3 Å². The normalized spacial score (nSPS) is 12.0. The Bertz CT molecular complexity index is 628. The van der Waals surface area contributed by atoms with Gasteiger partial charge in [-0.1, -0.05) is 30.3 Å². The Hall–Kier alpha value is -2.20. The molecule has 2 aromatic rings. The molecule has 110 valence electrons. The van der Waals surface area contributed by atoms with E-state index in [9.17, 15) is 9.18 Å². The van der Waals surface area contributed by atoms with Crippen molar-refractivity contribution in [2.24, 2.45) is 0 Å². The number of nitrogens with one attached hydrogen (secondary N) is 1. The molecule has 2 rings (SSSR count). The summed E-state index contributed by atoms with van der Waals surface area (Å²) in [5.41, 5.74) is 2.08. The Morgan fingerprint density at radius 2 is 2.00 bits per heavy atom. The van der Waals surface area contributed by atoms with E-state index in [0.717, 1.165) is 5.56 Å². The molecule has 2 aromatic carbocycles. The van der Waals surface area contributed by atoms with Crippen LogP contribution in [0, 0.1) is 5.82 Å². The van der Waals surface area contributed by atoms with E-state index in [1.165, 1.54) is 13.2 Å². The molecule has 0 saturated carbocycles. The number of halogens is 1. The fourth-order valence-electron chi connectivity index (χ4n) is 2.13. The molecule has 0 spiro atoms. The fraction of sp³-hybridized carbons (Fsp3) is 0.235. The zero-order valence-corrected chi connectivity index (χ0v) is 12.1. The van der Waals surface area contributed by atoms with Gasteiger partial charge in [-0.3, -0.25) is 0 Å². The third kappa shape index (κ3) is 3.89. The van der Waals surface area contributed by atoms with Crippen LogP contribution in [0.25, 0.3) is 0 Å². The number of carbonyl (C=O) groups excluding carboxylic acids is 1. The number of ether oxygens (including phenoxy) is 1. The Kier molecular flexibility index (Phi) is 5.06. The van der Waals surface area contributed by atoms with Crippen LogP contribution in [0.4, 0.5) is 4.39 Å². The van der Waals surface area contributed by atoms with E-state index < -0.39 is 0 Å². The van der Waals surface area contributed by atoms with Crippen LogP contribution in [0.3, 0.4) is 0 Å². The molecule has 1 N–H and O–H groups in total. The van der Waals surface area contributed by atoms with Gasteiger partial charge >= 0.3 is 5.97 Å². The van der Waals surface area contributed by atoms with Gasteiger partial charge in [0.05, 0.1) is 12.7 Å². The first-order valence-electron chi connectivity index (χ1n) is 6.77. The molecule has 0 aliphatic rings. The zero-order valence-electron chi connectivity index (χ0n) is 12.1. The van der Waals surface area contributed by atoms with Crippen LogP contribution < -0.4 is 5.32 Å². The van der Waals surface area contributed by atoms with Crippen LogP contribution >= 0.6 is 0 Å². The van der Waals surface area contributed by atoms with Crippen molar-refractivity contribution in [1.29, 1.82) is 0 Å². The lowest BCUT2D eigenvalue weighted by molar-refractivity contribution is 0.0600. The first kappa shape index (κ1) is 15.2. The van der Waals surface area contributed by atoms with Gasteiger partial charge in [0.1, 0.15) is 5.82 Å². The number of benzene rings is 2. The third-order valence-electron chi connectivity index (χ3n) is 3.33. The molecular weight excluding hydrogens is 269 g/mol. The predicted molar refractivity (Wildman–Crippen MR) is 79.4 cm³/mol. The van der Waals surface area contributed by atoms with Gasteiger partial charge in [-0.05, 0) is 30.7 Å². The van der Waals surface area contributed by atoms with Gasteiger partial charge in [-0.2, -0.15) is 0 Å². The summed E-state index contributed by atoms with van der Waals surface area (Å²) in [6, 6.07) is 13.8. The summed E-state index contributed by atoms with van der Waals surface area (Å²) in [6.07, 6.45) is 0. The van der Waals surface area contributed by atoms with E-state index in [2.05, 4.69) is 5.32 Å². The number of hydrogen-bond acceptors (Lipinski definition) is 3. The molecule has 4 heteroatoms. The second-order valence-corrected chi connectivity index (χ2v) is 4.82. The summed E-state index contributed by atoms with van der Waals surface area (Å²) in [7, 11) is 1.35. The highest BCUT2D eigenvalue weighted by atomic mass is 19.1. The van der Waals surface area contributed by atoms with Crippen LogP contribution in [0.1, 0.15) is 34.5 Å². The maximum Gasteiger partial charge on any atom is 0.337 e. The number of methoxy groups -OCH3 is 1. The molecular formula is C17H18FNO2. The molecule has 0 heterocycles. The Balaban J connectivity index is 2.03. The van der Waals surface area contributed by atoms with Crippen molar-refractivity contribution < 1.29 is 13.9 Å². The molecule has 0 aromatic heterocycles. The topological polar surface area (TPSA) is 38.3 Å². The van der Waals surface area contributed by atoms with Crippen LogP contribution in [0.15, 0.2) is 48.5 Å². The Morgan fingerprint density at radius 3 is 2.71 bits per heavy atom. The van der Waals surface area contributed by atoms with Gasteiger partial charge in [0.25, 0.3) is 0 Å². The standard InChI is InChI=1S/C17H18FNO2/c1-12(15-8-3-4-9-16(15)18)19-11-13-6-5-7-14(10-13)17(20)21-2/h3-10,12,19H,11H2,1-2H3/t12-/m1/s1. The van der Waals surface area contributed by atoms with Crippen molar-refractivity contribution in [3.05, 3.63) is 71.0 Å². The van der Waals surface area contributed by atoms with Crippen LogP contribution in [-0.4, -0.2) is 13.1 Å². The summed E-state index contributed by atoms with van der Waals surface area (Å²) >= 11 is 0. The lowest BCUT2D eigenvalue weighted by atomic mass is 10.1. The summed E-state index contributed by atoms with van der Waals surface area (Å²) in [5, 5.41) is 3.25. The maximum atomic E-state index is 13.7. The van der Waals surface area contributed by atoms with Crippen molar-refractivity contribution >= 4 is 5.97 Å². The quantitative estimate of drug-likeness (QED) is 0.856. The van der Waals surface area contributed by atoms with Gasteiger partial charge in [-0.15, -0.1) is 0 Å². The lowest BCUT2D eigenvalue weighted by Crippen LogP contribution is -2.19. The Morgan fingerprint density at radius 1 is 1.24 bits per heavy atom. The molecule has 0 fully saturated rings. The van der Waals surface area contributed by atoms with Gasteiger partial charge in [0.2, 0.25) is 0 Å². The summed E-state index contributed by atoms with van der Waals surface area (Å²) in [6.45, 7) is 2.45. The molecule has 1 atom stereocenters. The second-order valence-electron chi connectivity index (χ2n) is 4.82. The molecule has 3 nitrogen and oxygen atoms in total. The SMILES string of the molecule is COC(=O)c1cccc(CN[C@H](C)c2ccccc2F)c1. The third-order valence-corrected chi connectivity index (χ3v) is 3.33. The lowest BCUT2D eigenvalue weighted by Gasteiger charge is -2.15. The smallest absolute Gasteiger partial charge is 0.337 e. The minimum absolute atomic E-state index is 0.118. The second kappa shape index (κ2) is 6.99. The minimum Gasteiger partial charge on any atom is -0.465 e. The van der Waals surface area contributed by atoms with E-state index in [4.69, 9.17) is 4.74 Å². The highest BCUT2D eigenvalue weighted by molar-refractivity contribution is 5.89. The zero-order chi connectivity index (χ0) is 15.2. The average Bonchev–Trinajstić information content (AvgIpc) is 2.52. The highest BCUT2D eigenvalue weighted by Crippen LogP contribution is 2.17. The molecule has 0 radical (unpaired) electrons. The monoisotopic (exact) mass is 287 g/mol. The predicted octanol–water partition coefficient (Wildman–Crippen LogP) is 3.46. The summed E-state index contributed by atoms with van der Waals surface area (Å²) < 4.78 is 18.4. The van der Waals surface area contributed by atoms with E-state index in [1.807, 2.05) is 19.1 Å². The highest BCUT2D eigenvalue weighted by Gasteiger charge is 2.10. The van der Waals surface area contributed by atoms with Crippen molar-refractivity contribution in [2.45, 2.75) is 19.5 Å². The number of esters is 1. The summed E-state index contributed by atoms with van der Waals surface area (Å²) in [4.78, 5) is 11.5. The molecule has 21 heavy (non-hydrogen) atoms. The van der Waals surface area contributed by atoms with Gasteiger partial charge < -0.3 is 10.1 Å². The fourth-order valence-corrected chi connectivity index (χ4v) is 2.13. The van der Waals surface area contributed by atoms with Crippen molar-refractivity contribution in [2.75, 3.05) is 7.11 Å². The van der Waals surface area contributed by atoms with Crippen molar-refractivity contribution in [3.8, 4) is 0 Å². The molecule has 0 aliphatic carbocycles. The van der Waals surface area contributed by atoms with Gasteiger partial charge in [0.15, 0.2) is 0 Å². The molecule has 0 unspecified atom stereocenters. The number of rotatable bonds is 5. The van der Waals surface area contributed by atoms with E-state index in [1.54, 1.807) is 30.3 Å². The van der Waals surface area contributed by atoms with Gasteiger partial charge in [0, 0.05) is 18.2 Å². The van der Waals surface area contributed by atoms with Crippen molar-refractivity contribution in [1.82, 2.24) is 5.32 Å². The molecule has 0 bridgehead atoms. The van der Waals surface area contributed by atoms with Crippen LogP contribution in [0.2, 0.25) is 0 Å². The van der Waals surface area contributed by atoms with E-state index >= 15 is 0 Å². The average molecular weight is 287 g/mol. The van der Waals surface area contributed by atoms with E-state index in [0.29, 0.717) is 17.7 Å². The Labute approximate surface area is 123 Å². The van der Waals surface area contributed by atoms with E-state index in [-0.39, 0.29) is 17.8 Å². The molecule has 0 amide bonds. The number of hydrogen-bond donors (Lipinski definition) is 1.